The highest BCUT2D eigenvalue weighted by molar-refractivity contribution is 7.98. The number of carbonyl (C=O) groups is 1. The van der Waals surface area contributed by atoms with Gasteiger partial charge in [-0.2, -0.15) is 16.9 Å². The molecule has 0 aliphatic carbocycles. The van der Waals surface area contributed by atoms with E-state index in [-0.39, 0.29) is 12.5 Å². The normalized spacial score (nSPS) is 12.1. The summed E-state index contributed by atoms with van der Waals surface area (Å²) in [5, 5.41) is 19.2. The third-order valence-corrected chi connectivity index (χ3v) is 3.54. The molecule has 0 aliphatic rings. The Kier molecular flexibility index (Phi) is 5.77. The predicted octanol–water partition coefficient (Wildman–Crippen LogP) is 1.20. The smallest absolute Gasteiger partial charge is 0.249 e. The van der Waals surface area contributed by atoms with Crippen LogP contribution in [-0.2, 0) is 11.3 Å². The Morgan fingerprint density at radius 3 is 2.90 bits per heavy atom. The molecule has 0 bridgehead atoms. The average Bonchev–Trinajstić information content (AvgIpc) is 3.00. The molecule has 21 heavy (non-hydrogen) atoms. The minimum atomic E-state index is -0.978. The summed E-state index contributed by atoms with van der Waals surface area (Å²) in [5.41, 5.74) is 0.909. The van der Waals surface area contributed by atoms with Gasteiger partial charge in [0.25, 0.3) is 0 Å². The average molecular weight is 306 g/mol. The SMILES string of the molecule is CSCC[C@H](O)C(=O)NCc1nc(-c2ccccc2)n[nH]1. The van der Waals surface area contributed by atoms with Gasteiger partial charge in [-0.15, -0.1) is 0 Å². The molecule has 7 heteroatoms. The quantitative estimate of drug-likeness (QED) is 0.715. The molecular weight excluding hydrogens is 288 g/mol. The fourth-order valence-corrected chi connectivity index (χ4v) is 2.20. The number of amides is 1. The second-order valence-corrected chi connectivity index (χ2v) is 5.47. The number of hydrogen-bond donors (Lipinski definition) is 3. The first-order valence-electron chi connectivity index (χ1n) is 6.62. The standard InChI is InChI=1S/C14H18N4O2S/c1-21-8-7-11(19)14(20)15-9-12-16-13(18-17-12)10-5-3-2-4-6-10/h2-6,11,19H,7-9H2,1H3,(H,15,20)(H,16,17,18)/t11-/m0/s1. The summed E-state index contributed by atoms with van der Waals surface area (Å²) < 4.78 is 0. The van der Waals surface area contributed by atoms with E-state index in [4.69, 9.17) is 0 Å². The summed E-state index contributed by atoms with van der Waals surface area (Å²) in [4.78, 5) is 16.0. The Morgan fingerprint density at radius 2 is 2.19 bits per heavy atom. The van der Waals surface area contributed by atoms with Crippen LogP contribution in [0.15, 0.2) is 30.3 Å². The van der Waals surface area contributed by atoms with Crippen LogP contribution in [0.4, 0.5) is 0 Å². The molecule has 1 aromatic carbocycles. The molecule has 0 radical (unpaired) electrons. The number of rotatable bonds is 7. The van der Waals surface area contributed by atoms with Gasteiger partial charge in [-0.1, -0.05) is 30.3 Å². The number of thioether (sulfide) groups is 1. The van der Waals surface area contributed by atoms with E-state index >= 15 is 0 Å². The van der Waals surface area contributed by atoms with Gasteiger partial charge in [0.05, 0.1) is 6.54 Å². The summed E-state index contributed by atoms with van der Waals surface area (Å²) in [6, 6.07) is 9.58. The van der Waals surface area contributed by atoms with Crippen LogP contribution in [0.2, 0.25) is 0 Å². The molecule has 1 heterocycles. The lowest BCUT2D eigenvalue weighted by Crippen LogP contribution is -2.34. The number of aromatic nitrogens is 3. The van der Waals surface area contributed by atoms with Gasteiger partial charge in [0.2, 0.25) is 5.91 Å². The number of hydrogen-bond acceptors (Lipinski definition) is 5. The third-order valence-electron chi connectivity index (χ3n) is 2.89. The molecule has 112 valence electrons. The molecule has 2 aromatic rings. The van der Waals surface area contributed by atoms with Crippen LogP contribution < -0.4 is 5.32 Å². The van der Waals surface area contributed by atoms with E-state index in [0.29, 0.717) is 18.1 Å². The maximum atomic E-state index is 11.7. The lowest BCUT2D eigenvalue weighted by atomic mass is 10.2. The maximum Gasteiger partial charge on any atom is 0.249 e. The number of aromatic amines is 1. The zero-order valence-corrected chi connectivity index (χ0v) is 12.6. The molecule has 1 amide bonds. The van der Waals surface area contributed by atoms with Crippen molar-refractivity contribution in [2.24, 2.45) is 0 Å². The van der Waals surface area contributed by atoms with Gasteiger partial charge < -0.3 is 10.4 Å². The minimum Gasteiger partial charge on any atom is -0.383 e. The van der Waals surface area contributed by atoms with E-state index in [1.165, 1.54) is 0 Å². The molecule has 1 aromatic heterocycles. The van der Waals surface area contributed by atoms with Gasteiger partial charge in [0, 0.05) is 5.56 Å². The maximum absolute atomic E-state index is 11.7. The Balaban J connectivity index is 1.87. The fourth-order valence-electron chi connectivity index (χ4n) is 1.74. The molecule has 2 rings (SSSR count). The first-order chi connectivity index (χ1) is 10.2. The van der Waals surface area contributed by atoms with Crippen molar-refractivity contribution in [1.29, 1.82) is 0 Å². The summed E-state index contributed by atoms with van der Waals surface area (Å²) in [6.07, 6.45) is 1.40. The van der Waals surface area contributed by atoms with Crippen LogP contribution in [0.1, 0.15) is 12.2 Å². The van der Waals surface area contributed by atoms with E-state index in [1.807, 2.05) is 36.6 Å². The van der Waals surface area contributed by atoms with E-state index in [0.717, 1.165) is 11.3 Å². The Labute approximate surface area is 127 Å². The summed E-state index contributed by atoms with van der Waals surface area (Å²) in [7, 11) is 0. The highest BCUT2D eigenvalue weighted by atomic mass is 32.2. The number of aliphatic hydroxyl groups excluding tert-OH is 1. The Bertz CT molecular complexity index is 573. The van der Waals surface area contributed by atoms with Crippen LogP contribution in [0.25, 0.3) is 11.4 Å². The minimum absolute atomic E-state index is 0.217. The van der Waals surface area contributed by atoms with Crippen molar-refractivity contribution in [2.45, 2.75) is 19.1 Å². The lowest BCUT2D eigenvalue weighted by Gasteiger charge is -2.09. The molecule has 0 fully saturated rings. The molecule has 6 nitrogen and oxygen atoms in total. The summed E-state index contributed by atoms with van der Waals surface area (Å²) >= 11 is 1.59. The molecule has 0 saturated carbocycles. The number of nitrogens with zero attached hydrogens (tertiary/aromatic N) is 2. The van der Waals surface area contributed by atoms with Crippen LogP contribution in [-0.4, -0.2) is 44.3 Å². The summed E-state index contributed by atoms with van der Waals surface area (Å²) in [6.45, 7) is 0.217. The predicted molar refractivity (Wildman–Crippen MR) is 82.7 cm³/mol. The first-order valence-corrected chi connectivity index (χ1v) is 8.01. The number of benzene rings is 1. The molecule has 0 unspecified atom stereocenters. The van der Waals surface area contributed by atoms with Gasteiger partial charge in [-0.05, 0) is 18.4 Å². The van der Waals surface area contributed by atoms with E-state index in [9.17, 15) is 9.90 Å². The van der Waals surface area contributed by atoms with Crippen molar-refractivity contribution in [2.75, 3.05) is 12.0 Å². The first kappa shape index (κ1) is 15.5. The Morgan fingerprint density at radius 1 is 1.43 bits per heavy atom. The lowest BCUT2D eigenvalue weighted by molar-refractivity contribution is -0.129. The molecule has 3 N–H and O–H groups in total. The molecular formula is C14H18N4O2S. The van der Waals surface area contributed by atoms with E-state index in [1.54, 1.807) is 11.8 Å². The second-order valence-electron chi connectivity index (χ2n) is 4.49. The van der Waals surface area contributed by atoms with Gasteiger partial charge in [0.1, 0.15) is 11.9 Å². The van der Waals surface area contributed by atoms with Crippen molar-refractivity contribution in [3.8, 4) is 11.4 Å². The zero-order chi connectivity index (χ0) is 15.1. The van der Waals surface area contributed by atoms with Gasteiger partial charge in [0.15, 0.2) is 5.82 Å². The third kappa shape index (κ3) is 4.57. The van der Waals surface area contributed by atoms with Crippen molar-refractivity contribution < 1.29 is 9.90 Å². The van der Waals surface area contributed by atoms with Gasteiger partial charge in [-0.3, -0.25) is 9.89 Å². The number of H-pyrrole nitrogens is 1. The van der Waals surface area contributed by atoms with E-state index in [2.05, 4.69) is 20.5 Å². The largest absolute Gasteiger partial charge is 0.383 e. The van der Waals surface area contributed by atoms with Crippen molar-refractivity contribution in [1.82, 2.24) is 20.5 Å². The molecule has 0 saturated heterocycles. The van der Waals surface area contributed by atoms with Crippen molar-refractivity contribution in [3.05, 3.63) is 36.2 Å². The van der Waals surface area contributed by atoms with Crippen molar-refractivity contribution >= 4 is 17.7 Å². The fraction of sp³-hybridized carbons (Fsp3) is 0.357. The Hall–Kier alpha value is -1.86. The summed E-state index contributed by atoms with van der Waals surface area (Å²) in [5.74, 6) is 1.50. The highest BCUT2D eigenvalue weighted by Crippen LogP contribution is 2.13. The van der Waals surface area contributed by atoms with Crippen LogP contribution >= 0.6 is 11.8 Å². The monoisotopic (exact) mass is 306 g/mol. The van der Waals surface area contributed by atoms with Crippen molar-refractivity contribution in [3.63, 3.8) is 0 Å². The van der Waals surface area contributed by atoms with Crippen LogP contribution in [0, 0.1) is 0 Å². The molecule has 0 spiro atoms. The van der Waals surface area contributed by atoms with Gasteiger partial charge in [-0.25, -0.2) is 4.98 Å². The molecule has 0 aliphatic heterocycles. The second kappa shape index (κ2) is 7.80. The van der Waals surface area contributed by atoms with Gasteiger partial charge >= 0.3 is 0 Å². The van der Waals surface area contributed by atoms with Crippen LogP contribution in [0.3, 0.4) is 0 Å². The zero-order valence-electron chi connectivity index (χ0n) is 11.7. The van der Waals surface area contributed by atoms with Crippen LogP contribution in [0.5, 0.6) is 0 Å². The number of nitrogens with one attached hydrogen (secondary N) is 2. The molecule has 1 atom stereocenters. The number of aliphatic hydroxyl groups is 1. The topological polar surface area (TPSA) is 90.9 Å². The highest BCUT2D eigenvalue weighted by Gasteiger charge is 2.14. The number of carbonyl (C=O) groups excluding carboxylic acids is 1. The van der Waals surface area contributed by atoms with E-state index < -0.39 is 6.10 Å².